The first kappa shape index (κ1) is 17.4. The van der Waals surface area contributed by atoms with Gasteiger partial charge >= 0.3 is 0 Å². The molecule has 0 spiro atoms. The van der Waals surface area contributed by atoms with Crippen molar-refractivity contribution >= 4 is 27.3 Å². The molecule has 0 bridgehead atoms. The average Bonchev–Trinajstić information content (AvgIpc) is 2.91. The van der Waals surface area contributed by atoms with Crippen molar-refractivity contribution in [3.05, 3.63) is 17.5 Å². The quantitative estimate of drug-likeness (QED) is 0.883. The van der Waals surface area contributed by atoms with Crippen molar-refractivity contribution in [2.75, 3.05) is 32.7 Å². The van der Waals surface area contributed by atoms with Gasteiger partial charge in [-0.3, -0.25) is 9.69 Å². The first-order valence-electron chi connectivity index (χ1n) is 7.25. The van der Waals surface area contributed by atoms with E-state index < -0.39 is 10.0 Å². The van der Waals surface area contributed by atoms with Gasteiger partial charge in [0.1, 0.15) is 4.21 Å². The second-order valence-electron chi connectivity index (χ2n) is 6.41. The summed E-state index contributed by atoms with van der Waals surface area (Å²) >= 11 is 1.23. The first-order valence-corrected chi connectivity index (χ1v) is 9.57. The Bertz CT molecular complexity index is 598. The Morgan fingerprint density at radius 3 is 2.41 bits per heavy atom. The number of nitrogens with zero attached hydrogens (tertiary/aromatic N) is 2. The van der Waals surface area contributed by atoms with Gasteiger partial charge in [0.2, 0.25) is 5.91 Å². The Hall–Kier alpha value is -0.960. The standard InChI is InChI=1S/C14H23N3O3S2/c1-14(2,3)15-12(18)11-16-6-8-17(9-7-16)22(19,20)13-5-4-10-21-13/h4-5,10H,6-9,11H2,1-3H3,(H,15,18). The highest BCUT2D eigenvalue weighted by molar-refractivity contribution is 7.91. The summed E-state index contributed by atoms with van der Waals surface area (Å²) in [5, 5.41) is 4.68. The zero-order chi connectivity index (χ0) is 16.4. The lowest BCUT2D eigenvalue weighted by Crippen LogP contribution is -2.52. The summed E-state index contributed by atoms with van der Waals surface area (Å²) in [6.45, 7) is 8.11. The van der Waals surface area contributed by atoms with Crippen molar-refractivity contribution in [1.29, 1.82) is 0 Å². The van der Waals surface area contributed by atoms with Gasteiger partial charge in [-0.05, 0) is 32.2 Å². The molecule has 1 amide bonds. The van der Waals surface area contributed by atoms with Crippen LogP contribution in [0.25, 0.3) is 0 Å². The summed E-state index contributed by atoms with van der Waals surface area (Å²) in [6.07, 6.45) is 0. The monoisotopic (exact) mass is 345 g/mol. The second kappa shape index (κ2) is 6.66. The Morgan fingerprint density at radius 2 is 1.91 bits per heavy atom. The van der Waals surface area contributed by atoms with Crippen molar-refractivity contribution in [3.8, 4) is 0 Å². The normalized spacial score (nSPS) is 18.3. The summed E-state index contributed by atoms with van der Waals surface area (Å²) in [4.78, 5) is 13.9. The van der Waals surface area contributed by atoms with Crippen LogP contribution in [0.15, 0.2) is 21.7 Å². The SMILES string of the molecule is CC(C)(C)NC(=O)CN1CCN(S(=O)(=O)c2cccs2)CC1. The van der Waals surface area contributed by atoms with Crippen LogP contribution < -0.4 is 5.32 Å². The van der Waals surface area contributed by atoms with Crippen molar-refractivity contribution < 1.29 is 13.2 Å². The van der Waals surface area contributed by atoms with Gasteiger partial charge in [0.15, 0.2) is 0 Å². The van der Waals surface area contributed by atoms with Gasteiger partial charge in [0, 0.05) is 31.7 Å². The van der Waals surface area contributed by atoms with E-state index in [4.69, 9.17) is 0 Å². The topological polar surface area (TPSA) is 69.7 Å². The van der Waals surface area contributed by atoms with E-state index in [1.165, 1.54) is 15.6 Å². The van der Waals surface area contributed by atoms with E-state index in [9.17, 15) is 13.2 Å². The van der Waals surface area contributed by atoms with Crippen LogP contribution in [-0.4, -0.2) is 61.8 Å². The van der Waals surface area contributed by atoms with Gasteiger partial charge in [-0.25, -0.2) is 8.42 Å². The Kier molecular flexibility index (Phi) is 5.26. The number of piperazine rings is 1. The van der Waals surface area contributed by atoms with Crippen LogP contribution in [0.5, 0.6) is 0 Å². The second-order valence-corrected chi connectivity index (χ2v) is 9.52. The fourth-order valence-electron chi connectivity index (χ4n) is 2.33. The van der Waals surface area contributed by atoms with Crippen LogP contribution in [0.2, 0.25) is 0 Å². The molecule has 0 radical (unpaired) electrons. The molecule has 8 heteroatoms. The molecule has 124 valence electrons. The minimum atomic E-state index is -3.37. The number of amides is 1. The molecule has 0 aromatic carbocycles. The molecule has 1 aliphatic rings. The fraction of sp³-hybridized carbons (Fsp3) is 0.643. The zero-order valence-electron chi connectivity index (χ0n) is 13.2. The first-order chi connectivity index (χ1) is 10.2. The number of thiophene rings is 1. The molecule has 0 saturated carbocycles. The summed E-state index contributed by atoms with van der Waals surface area (Å²) < 4.78 is 26.7. The molecule has 1 aromatic rings. The maximum absolute atomic E-state index is 12.4. The lowest BCUT2D eigenvalue weighted by Gasteiger charge is -2.33. The average molecular weight is 345 g/mol. The highest BCUT2D eigenvalue weighted by atomic mass is 32.2. The van der Waals surface area contributed by atoms with Crippen LogP contribution >= 0.6 is 11.3 Å². The maximum Gasteiger partial charge on any atom is 0.252 e. The fourth-order valence-corrected chi connectivity index (χ4v) is 4.89. The van der Waals surface area contributed by atoms with Gasteiger partial charge in [-0.15, -0.1) is 11.3 Å². The number of carbonyl (C=O) groups is 1. The molecule has 2 rings (SSSR count). The van der Waals surface area contributed by atoms with E-state index in [-0.39, 0.29) is 11.4 Å². The highest BCUT2D eigenvalue weighted by Crippen LogP contribution is 2.21. The minimum absolute atomic E-state index is 0.0259. The Morgan fingerprint density at radius 1 is 1.27 bits per heavy atom. The molecule has 1 N–H and O–H groups in total. The number of rotatable bonds is 4. The lowest BCUT2D eigenvalue weighted by molar-refractivity contribution is -0.123. The third-order valence-corrected chi connectivity index (χ3v) is 6.57. The van der Waals surface area contributed by atoms with Crippen LogP contribution in [0.4, 0.5) is 0 Å². The van der Waals surface area contributed by atoms with E-state index in [1.807, 2.05) is 25.7 Å². The van der Waals surface area contributed by atoms with Gasteiger partial charge < -0.3 is 5.32 Å². The summed E-state index contributed by atoms with van der Waals surface area (Å²) in [5.41, 5.74) is -0.249. The molecule has 1 saturated heterocycles. The van der Waals surface area contributed by atoms with Crippen LogP contribution in [-0.2, 0) is 14.8 Å². The number of hydrogen-bond donors (Lipinski definition) is 1. The molecule has 6 nitrogen and oxygen atoms in total. The third kappa shape index (κ3) is 4.52. The molecular weight excluding hydrogens is 322 g/mol. The van der Waals surface area contributed by atoms with E-state index in [2.05, 4.69) is 5.32 Å². The van der Waals surface area contributed by atoms with Gasteiger partial charge in [0.05, 0.1) is 6.54 Å². The molecule has 0 unspecified atom stereocenters. The Labute approximate surface area is 136 Å². The van der Waals surface area contributed by atoms with E-state index >= 15 is 0 Å². The Balaban J connectivity index is 1.87. The lowest BCUT2D eigenvalue weighted by atomic mass is 10.1. The van der Waals surface area contributed by atoms with Crippen molar-refractivity contribution in [1.82, 2.24) is 14.5 Å². The zero-order valence-corrected chi connectivity index (χ0v) is 14.8. The van der Waals surface area contributed by atoms with Crippen molar-refractivity contribution in [3.63, 3.8) is 0 Å². The largest absolute Gasteiger partial charge is 0.350 e. The molecule has 0 aliphatic carbocycles. The molecule has 1 aromatic heterocycles. The van der Waals surface area contributed by atoms with E-state index in [1.54, 1.807) is 17.5 Å². The third-order valence-electron chi connectivity index (χ3n) is 3.30. The summed E-state index contributed by atoms with van der Waals surface area (Å²) in [6, 6.07) is 3.37. The van der Waals surface area contributed by atoms with Gasteiger partial charge in [-0.2, -0.15) is 4.31 Å². The van der Waals surface area contributed by atoms with E-state index in [0.29, 0.717) is 36.9 Å². The number of sulfonamides is 1. The highest BCUT2D eigenvalue weighted by Gasteiger charge is 2.29. The predicted octanol–water partition coefficient (Wildman–Crippen LogP) is 0.969. The van der Waals surface area contributed by atoms with Crippen molar-refractivity contribution in [2.24, 2.45) is 0 Å². The predicted molar refractivity (Wildman–Crippen MR) is 87.4 cm³/mol. The van der Waals surface area contributed by atoms with E-state index in [0.717, 1.165) is 0 Å². The smallest absolute Gasteiger partial charge is 0.252 e. The van der Waals surface area contributed by atoms with Crippen LogP contribution in [0.3, 0.4) is 0 Å². The van der Waals surface area contributed by atoms with Crippen molar-refractivity contribution in [2.45, 2.75) is 30.5 Å². The number of nitrogens with one attached hydrogen (secondary N) is 1. The van der Waals surface area contributed by atoms with Crippen LogP contribution in [0, 0.1) is 0 Å². The maximum atomic E-state index is 12.4. The molecule has 0 atom stereocenters. The molecule has 1 aliphatic heterocycles. The molecule has 22 heavy (non-hydrogen) atoms. The van der Waals surface area contributed by atoms with Crippen LogP contribution in [0.1, 0.15) is 20.8 Å². The molecule has 2 heterocycles. The van der Waals surface area contributed by atoms with Gasteiger partial charge in [-0.1, -0.05) is 6.07 Å². The van der Waals surface area contributed by atoms with Gasteiger partial charge in [0.25, 0.3) is 10.0 Å². The summed E-state index contributed by atoms with van der Waals surface area (Å²) in [7, 11) is -3.37. The molecular formula is C14H23N3O3S2. The molecule has 1 fully saturated rings. The number of carbonyl (C=O) groups excluding carboxylic acids is 1. The number of hydrogen-bond acceptors (Lipinski definition) is 5. The summed E-state index contributed by atoms with van der Waals surface area (Å²) in [5.74, 6) is -0.0259. The minimum Gasteiger partial charge on any atom is -0.350 e.